The summed E-state index contributed by atoms with van der Waals surface area (Å²) in [6.45, 7) is 4.22. The number of likely N-dealkylation sites (N-methyl/N-ethyl adjacent to an activating group) is 1. The van der Waals surface area contributed by atoms with Crippen LogP contribution in [0, 0.1) is 6.92 Å². The van der Waals surface area contributed by atoms with Crippen molar-refractivity contribution in [3.05, 3.63) is 34.9 Å². The Hall–Kier alpha value is -1.39. The zero-order valence-electron chi connectivity index (χ0n) is 11.4. The lowest BCUT2D eigenvalue weighted by Crippen LogP contribution is -2.37. The largest absolute Gasteiger partial charge is 0.359 e. The average Bonchev–Trinajstić information content (AvgIpc) is 2.36. The van der Waals surface area contributed by atoms with Crippen LogP contribution in [0.1, 0.15) is 23.6 Å². The van der Waals surface area contributed by atoms with Gasteiger partial charge in [-0.25, -0.2) is 4.79 Å². The minimum atomic E-state index is -0.405. The third-order valence-corrected chi connectivity index (χ3v) is 3.03. The fourth-order valence-electron chi connectivity index (χ4n) is 1.96. The van der Waals surface area contributed by atoms with Crippen LogP contribution in [0.3, 0.4) is 0 Å². The Morgan fingerprint density at radius 2 is 2.17 bits per heavy atom. The van der Waals surface area contributed by atoms with Crippen molar-refractivity contribution in [2.75, 3.05) is 14.2 Å². The molecule has 0 amide bonds. The molecule has 4 nitrogen and oxygen atoms in total. The van der Waals surface area contributed by atoms with Gasteiger partial charge in [-0.2, -0.15) is 4.89 Å². The Morgan fingerprint density at radius 3 is 2.67 bits per heavy atom. The second kappa shape index (κ2) is 7.13. The lowest BCUT2D eigenvalue weighted by atomic mass is 9.99. The van der Waals surface area contributed by atoms with Gasteiger partial charge in [0, 0.05) is 0 Å². The van der Waals surface area contributed by atoms with E-state index in [1.165, 1.54) is 18.2 Å². The number of hydrogen-bond acceptors (Lipinski definition) is 4. The number of carbonyl (C=O) groups excluding carboxylic acids is 1. The molecular weight excluding hydrogens is 230 g/mol. The van der Waals surface area contributed by atoms with Gasteiger partial charge in [-0.05, 0) is 43.5 Å². The van der Waals surface area contributed by atoms with Crippen molar-refractivity contribution in [1.29, 1.82) is 0 Å². The first-order valence-electron chi connectivity index (χ1n) is 6.12. The smallest absolute Gasteiger partial charge is 0.307 e. The number of aryl methyl sites for hydroxylation is 2. The lowest BCUT2D eigenvalue weighted by molar-refractivity contribution is -0.256. The van der Waals surface area contributed by atoms with Crippen molar-refractivity contribution in [3.8, 4) is 0 Å². The van der Waals surface area contributed by atoms with Crippen molar-refractivity contribution in [1.82, 2.24) is 5.32 Å². The van der Waals surface area contributed by atoms with Gasteiger partial charge < -0.3 is 5.32 Å². The summed E-state index contributed by atoms with van der Waals surface area (Å²) < 4.78 is 0. The minimum absolute atomic E-state index is 0.392. The molecule has 0 saturated carbocycles. The van der Waals surface area contributed by atoms with Gasteiger partial charge in [-0.15, -0.1) is 0 Å². The molecule has 1 N–H and O–H groups in total. The number of hydrogen-bond donors (Lipinski definition) is 1. The topological polar surface area (TPSA) is 47.6 Å². The molecule has 0 unspecified atom stereocenters. The summed E-state index contributed by atoms with van der Waals surface area (Å²) in [5, 5.41) is 2.93. The van der Waals surface area contributed by atoms with E-state index in [1.54, 1.807) is 7.05 Å². The van der Waals surface area contributed by atoms with Crippen molar-refractivity contribution in [3.63, 3.8) is 0 Å². The maximum Gasteiger partial charge on any atom is 0.359 e. The minimum Gasteiger partial charge on any atom is -0.307 e. The standard InChI is InChI=1S/C14H21NO3/c1-5-12-7-6-11(8-10(12)2)9-13(15-3)14(16)18-17-4/h6-8,13,15H,5,9H2,1-4H3/t13-/m0/s1. The van der Waals surface area contributed by atoms with E-state index in [-0.39, 0.29) is 0 Å². The Kier molecular flexibility index (Phi) is 5.82. The fraction of sp³-hybridized carbons (Fsp3) is 0.500. The summed E-state index contributed by atoms with van der Waals surface area (Å²) in [5.74, 6) is -0.405. The molecule has 0 saturated heterocycles. The molecule has 0 radical (unpaired) electrons. The van der Waals surface area contributed by atoms with Gasteiger partial charge in [0.1, 0.15) is 6.04 Å². The van der Waals surface area contributed by atoms with Gasteiger partial charge in [-0.3, -0.25) is 4.89 Å². The molecule has 1 aromatic carbocycles. The lowest BCUT2D eigenvalue weighted by Gasteiger charge is -2.14. The van der Waals surface area contributed by atoms with Crippen molar-refractivity contribution in [2.45, 2.75) is 32.7 Å². The maximum atomic E-state index is 11.6. The second-order valence-corrected chi connectivity index (χ2v) is 4.23. The Morgan fingerprint density at radius 1 is 1.44 bits per heavy atom. The van der Waals surface area contributed by atoms with E-state index in [1.807, 2.05) is 0 Å². The van der Waals surface area contributed by atoms with E-state index in [2.05, 4.69) is 47.1 Å². The Bertz CT molecular complexity index is 404. The number of nitrogens with one attached hydrogen (secondary N) is 1. The summed E-state index contributed by atoms with van der Waals surface area (Å²) in [7, 11) is 3.06. The summed E-state index contributed by atoms with van der Waals surface area (Å²) in [4.78, 5) is 20.5. The molecule has 18 heavy (non-hydrogen) atoms. The SMILES string of the molecule is CCc1ccc(C[C@H](NC)C(=O)OOC)cc1C. The van der Waals surface area contributed by atoms with Gasteiger partial charge in [0.15, 0.2) is 0 Å². The van der Waals surface area contributed by atoms with E-state index >= 15 is 0 Å². The predicted molar refractivity (Wildman–Crippen MR) is 70.2 cm³/mol. The van der Waals surface area contributed by atoms with Crippen molar-refractivity contribution >= 4 is 5.97 Å². The predicted octanol–water partition coefficient (Wildman–Crippen LogP) is 1.79. The third kappa shape index (κ3) is 3.82. The van der Waals surface area contributed by atoms with E-state index in [4.69, 9.17) is 0 Å². The van der Waals surface area contributed by atoms with E-state index in [0.717, 1.165) is 12.0 Å². The fourth-order valence-corrected chi connectivity index (χ4v) is 1.96. The van der Waals surface area contributed by atoms with Crippen molar-refractivity contribution < 1.29 is 14.6 Å². The first kappa shape index (κ1) is 14.7. The molecule has 0 heterocycles. The number of benzene rings is 1. The Labute approximate surface area is 108 Å². The number of rotatable bonds is 6. The summed E-state index contributed by atoms with van der Waals surface area (Å²) in [6, 6.07) is 5.88. The highest BCUT2D eigenvalue weighted by Crippen LogP contribution is 2.13. The van der Waals surface area contributed by atoms with E-state index in [0.29, 0.717) is 6.42 Å². The molecule has 0 aliphatic heterocycles. The molecule has 0 aromatic heterocycles. The van der Waals surface area contributed by atoms with Crippen LogP contribution in [0.5, 0.6) is 0 Å². The average molecular weight is 251 g/mol. The summed E-state index contributed by atoms with van der Waals surface area (Å²) >= 11 is 0. The molecule has 4 heteroatoms. The van der Waals surface area contributed by atoms with E-state index < -0.39 is 12.0 Å². The van der Waals surface area contributed by atoms with Crippen LogP contribution < -0.4 is 5.32 Å². The monoisotopic (exact) mass is 251 g/mol. The first-order chi connectivity index (χ1) is 8.62. The molecule has 0 fully saturated rings. The van der Waals surface area contributed by atoms with Gasteiger partial charge in [0.2, 0.25) is 0 Å². The molecule has 1 atom stereocenters. The van der Waals surface area contributed by atoms with Crippen LogP contribution in [0.4, 0.5) is 0 Å². The van der Waals surface area contributed by atoms with Crippen LogP contribution in [0.15, 0.2) is 18.2 Å². The zero-order chi connectivity index (χ0) is 13.5. The molecule has 0 aliphatic rings. The van der Waals surface area contributed by atoms with Gasteiger partial charge >= 0.3 is 5.97 Å². The highest BCUT2D eigenvalue weighted by Gasteiger charge is 2.19. The van der Waals surface area contributed by atoms with Crippen molar-refractivity contribution in [2.24, 2.45) is 0 Å². The first-order valence-corrected chi connectivity index (χ1v) is 6.12. The normalized spacial score (nSPS) is 12.2. The molecular formula is C14H21NO3. The third-order valence-electron chi connectivity index (χ3n) is 3.03. The molecule has 0 bridgehead atoms. The summed E-state index contributed by atoms with van der Waals surface area (Å²) in [6.07, 6.45) is 1.61. The maximum absolute atomic E-state index is 11.6. The second-order valence-electron chi connectivity index (χ2n) is 4.23. The van der Waals surface area contributed by atoms with Gasteiger partial charge in [-0.1, -0.05) is 25.1 Å². The van der Waals surface area contributed by atoms with Crippen LogP contribution >= 0.6 is 0 Å². The Balaban J connectivity index is 2.76. The molecule has 100 valence electrons. The number of carbonyl (C=O) groups is 1. The van der Waals surface area contributed by atoms with Crippen LogP contribution in [0.25, 0.3) is 0 Å². The van der Waals surface area contributed by atoms with E-state index in [9.17, 15) is 4.79 Å². The van der Waals surface area contributed by atoms with Gasteiger partial charge in [0.25, 0.3) is 0 Å². The van der Waals surface area contributed by atoms with Gasteiger partial charge in [0.05, 0.1) is 7.11 Å². The molecule has 0 spiro atoms. The van der Waals surface area contributed by atoms with Crippen LogP contribution in [0.2, 0.25) is 0 Å². The highest BCUT2D eigenvalue weighted by molar-refractivity contribution is 5.75. The molecule has 0 aliphatic carbocycles. The zero-order valence-corrected chi connectivity index (χ0v) is 11.4. The van der Waals surface area contributed by atoms with Crippen LogP contribution in [-0.4, -0.2) is 26.2 Å². The molecule has 1 aromatic rings. The summed E-state index contributed by atoms with van der Waals surface area (Å²) in [5.41, 5.74) is 3.70. The quantitative estimate of drug-likeness (QED) is 0.618. The highest BCUT2D eigenvalue weighted by atomic mass is 17.2. The van der Waals surface area contributed by atoms with Crippen LogP contribution in [-0.2, 0) is 27.4 Å². The molecule has 1 rings (SSSR count).